The lowest BCUT2D eigenvalue weighted by molar-refractivity contribution is -0.166. The van der Waals surface area contributed by atoms with Gasteiger partial charge in [-0.25, -0.2) is 9.18 Å². The van der Waals surface area contributed by atoms with Crippen LogP contribution in [-0.2, 0) is 26.3 Å². The van der Waals surface area contributed by atoms with Gasteiger partial charge in [-0.2, -0.15) is 0 Å². The maximum absolute atomic E-state index is 14.2. The summed E-state index contributed by atoms with van der Waals surface area (Å²) in [5, 5.41) is 0. The van der Waals surface area contributed by atoms with E-state index in [9.17, 15) is 9.18 Å². The molecular formula is C19H21FO3. The highest BCUT2D eigenvalue weighted by Crippen LogP contribution is 2.55. The molecule has 0 radical (unpaired) electrons. The van der Waals surface area contributed by atoms with Crippen molar-refractivity contribution in [2.75, 3.05) is 0 Å². The summed E-state index contributed by atoms with van der Waals surface area (Å²) in [7, 11) is 0. The van der Waals surface area contributed by atoms with E-state index in [-0.39, 0.29) is 23.9 Å². The molecular weight excluding hydrogens is 295 g/mol. The molecule has 1 aliphatic carbocycles. The lowest BCUT2D eigenvalue weighted by Gasteiger charge is -2.39. The molecule has 4 heteroatoms. The predicted octanol–water partition coefficient (Wildman–Crippen LogP) is 3.65. The van der Waals surface area contributed by atoms with Crippen molar-refractivity contribution in [3.8, 4) is 0 Å². The van der Waals surface area contributed by atoms with E-state index in [1.165, 1.54) is 6.07 Å². The van der Waals surface area contributed by atoms with Crippen molar-refractivity contribution in [1.29, 1.82) is 0 Å². The van der Waals surface area contributed by atoms with E-state index >= 15 is 0 Å². The molecule has 0 spiro atoms. The molecule has 2 aliphatic heterocycles. The van der Waals surface area contributed by atoms with Crippen LogP contribution in [0.25, 0.3) is 0 Å². The number of hydrogen-bond acceptors (Lipinski definition) is 3. The molecule has 3 nitrogen and oxygen atoms in total. The normalized spacial score (nSPS) is 34.4. The molecule has 0 saturated carbocycles. The van der Waals surface area contributed by atoms with Gasteiger partial charge in [-0.1, -0.05) is 18.7 Å². The molecule has 1 aromatic rings. The zero-order chi connectivity index (χ0) is 16.2. The van der Waals surface area contributed by atoms with Gasteiger partial charge in [-0.05, 0) is 50.7 Å². The summed E-state index contributed by atoms with van der Waals surface area (Å²) in [5.74, 6) is -0.502. The summed E-state index contributed by atoms with van der Waals surface area (Å²) in [6.07, 6.45) is 4.52. The second kappa shape index (κ2) is 5.17. The van der Waals surface area contributed by atoms with Crippen molar-refractivity contribution in [3.05, 3.63) is 47.3 Å². The molecule has 122 valence electrons. The van der Waals surface area contributed by atoms with E-state index in [0.717, 1.165) is 24.8 Å². The van der Waals surface area contributed by atoms with Crippen molar-refractivity contribution >= 4 is 5.97 Å². The minimum Gasteiger partial charge on any atom is -0.450 e. The van der Waals surface area contributed by atoms with Gasteiger partial charge in [-0.15, -0.1) is 0 Å². The van der Waals surface area contributed by atoms with Crippen LogP contribution in [0.15, 0.2) is 30.4 Å². The first kappa shape index (κ1) is 14.9. The summed E-state index contributed by atoms with van der Waals surface area (Å²) >= 11 is 0. The van der Waals surface area contributed by atoms with E-state index in [2.05, 4.69) is 6.58 Å². The van der Waals surface area contributed by atoms with Gasteiger partial charge in [0.15, 0.2) is 0 Å². The molecule has 2 fully saturated rings. The number of ether oxygens (including phenoxy) is 2. The van der Waals surface area contributed by atoms with Gasteiger partial charge in [0.2, 0.25) is 0 Å². The Bertz CT molecular complexity index is 683. The standard InChI is InChI=1S/C19H21FO3/c1-11(2)18(21)23-19(15-10-12-6-7-17(15)22-12)9-8-13-14(19)4-3-5-16(13)20/h3-5,12,15,17H,1,6-10H2,2H3. The molecule has 0 amide bonds. The number of carbonyl (C=O) groups excluding carboxylic acids is 1. The zero-order valence-corrected chi connectivity index (χ0v) is 13.3. The second-order valence-electron chi connectivity index (χ2n) is 7.04. The van der Waals surface area contributed by atoms with Crippen LogP contribution >= 0.6 is 0 Å². The van der Waals surface area contributed by atoms with E-state index in [4.69, 9.17) is 9.47 Å². The van der Waals surface area contributed by atoms with Gasteiger partial charge in [0.1, 0.15) is 11.4 Å². The minimum atomic E-state index is -0.771. The number of carbonyl (C=O) groups is 1. The summed E-state index contributed by atoms with van der Waals surface area (Å²) in [5.41, 5.74) is 1.11. The van der Waals surface area contributed by atoms with Crippen LogP contribution in [0.1, 0.15) is 43.7 Å². The smallest absolute Gasteiger partial charge is 0.334 e. The average Bonchev–Trinajstić information content (AvgIpc) is 3.22. The summed E-state index contributed by atoms with van der Waals surface area (Å²) in [4.78, 5) is 12.3. The Labute approximate surface area is 135 Å². The molecule has 1 aromatic carbocycles. The molecule has 2 heterocycles. The number of halogens is 1. The topological polar surface area (TPSA) is 35.5 Å². The Morgan fingerprint density at radius 2 is 2.26 bits per heavy atom. The van der Waals surface area contributed by atoms with Gasteiger partial charge in [0.05, 0.1) is 12.2 Å². The highest BCUT2D eigenvalue weighted by molar-refractivity contribution is 5.87. The van der Waals surface area contributed by atoms with Crippen LogP contribution in [-0.4, -0.2) is 18.2 Å². The molecule has 0 N–H and O–H groups in total. The molecule has 23 heavy (non-hydrogen) atoms. The van der Waals surface area contributed by atoms with Crippen LogP contribution in [0, 0.1) is 11.7 Å². The Kier molecular flexibility index (Phi) is 3.34. The highest BCUT2D eigenvalue weighted by atomic mass is 19.1. The first-order chi connectivity index (χ1) is 11.0. The lowest BCUT2D eigenvalue weighted by atomic mass is 9.73. The largest absolute Gasteiger partial charge is 0.450 e. The van der Waals surface area contributed by atoms with E-state index in [0.29, 0.717) is 24.0 Å². The molecule has 4 unspecified atom stereocenters. The molecule has 2 saturated heterocycles. The Morgan fingerprint density at radius 3 is 2.91 bits per heavy atom. The fraction of sp³-hybridized carbons (Fsp3) is 0.526. The predicted molar refractivity (Wildman–Crippen MR) is 83.3 cm³/mol. The van der Waals surface area contributed by atoms with Crippen LogP contribution in [0.4, 0.5) is 4.39 Å². The number of benzene rings is 1. The average molecular weight is 316 g/mol. The van der Waals surface area contributed by atoms with Crippen LogP contribution < -0.4 is 0 Å². The maximum atomic E-state index is 14.2. The van der Waals surface area contributed by atoms with Crippen LogP contribution in [0.2, 0.25) is 0 Å². The zero-order valence-electron chi connectivity index (χ0n) is 13.3. The van der Waals surface area contributed by atoms with Gasteiger partial charge in [0, 0.05) is 17.1 Å². The molecule has 4 rings (SSSR count). The number of fused-ring (bicyclic) bond motifs is 3. The third-order valence-electron chi connectivity index (χ3n) is 5.65. The van der Waals surface area contributed by atoms with E-state index in [1.807, 2.05) is 6.07 Å². The van der Waals surface area contributed by atoms with Gasteiger partial charge >= 0.3 is 5.97 Å². The first-order valence-corrected chi connectivity index (χ1v) is 8.33. The molecule has 3 aliphatic rings. The van der Waals surface area contributed by atoms with Crippen molar-refractivity contribution < 1.29 is 18.7 Å². The van der Waals surface area contributed by atoms with Crippen LogP contribution in [0.5, 0.6) is 0 Å². The fourth-order valence-electron chi connectivity index (χ4n) is 4.60. The Morgan fingerprint density at radius 1 is 1.43 bits per heavy atom. The number of hydrogen-bond donors (Lipinski definition) is 0. The summed E-state index contributed by atoms with van der Waals surface area (Å²) < 4.78 is 26.2. The van der Waals surface area contributed by atoms with Crippen molar-refractivity contribution in [3.63, 3.8) is 0 Å². The molecule has 4 atom stereocenters. The van der Waals surface area contributed by atoms with Crippen molar-refractivity contribution in [2.45, 2.75) is 56.8 Å². The van der Waals surface area contributed by atoms with Crippen molar-refractivity contribution in [1.82, 2.24) is 0 Å². The lowest BCUT2D eigenvalue weighted by Crippen LogP contribution is -2.43. The van der Waals surface area contributed by atoms with Crippen molar-refractivity contribution in [2.24, 2.45) is 5.92 Å². The van der Waals surface area contributed by atoms with Gasteiger partial charge < -0.3 is 9.47 Å². The SMILES string of the molecule is C=C(C)C(=O)OC1(C2CC3CCC2O3)CCc2c(F)cccc21. The number of rotatable bonds is 3. The van der Waals surface area contributed by atoms with E-state index < -0.39 is 11.6 Å². The van der Waals surface area contributed by atoms with Crippen LogP contribution in [0.3, 0.4) is 0 Å². The minimum absolute atomic E-state index is 0.104. The fourth-order valence-corrected chi connectivity index (χ4v) is 4.60. The van der Waals surface area contributed by atoms with Gasteiger partial charge in [0.25, 0.3) is 0 Å². The Hall–Kier alpha value is -1.68. The maximum Gasteiger partial charge on any atom is 0.334 e. The highest BCUT2D eigenvalue weighted by Gasteiger charge is 2.57. The van der Waals surface area contributed by atoms with Gasteiger partial charge in [-0.3, -0.25) is 0 Å². The summed E-state index contributed by atoms with van der Waals surface area (Å²) in [6, 6.07) is 5.09. The second-order valence-corrected chi connectivity index (χ2v) is 7.04. The Balaban J connectivity index is 1.79. The molecule has 0 aromatic heterocycles. The molecule has 2 bridgehead atoms. The third-order valence-corrected chi connectivity index (χ3v) is 5.65. The quantitative estimate of drug-likeness (QED) is 0.631. The number of esters is 1. The first-order valence-electron chi connectivity index (χ1n) is 8.33. The third kappa shape index (κ3) is 2.15. The van der Waals surface area contributed by atoms with E-state index in [1.54, 1.807) is 13.0 Å². The summed E-state index contributed by atoms with van der Waals surface area (Å²) in [6.45, 7) is 5.34. The monoisotopic (exact) mass is 316 g/mol.